The second-order valence-corrected chi connectivity index (χ2v) is 9.69. The first-order valence-electron chi connectivity index (χ1n) is 13.8. The predicted molar refractivity (Wildman–Crippen MR) is 143 cm³/mol. The molecule has 0 aromatic heterocycles. The van der Waals surface area contributed by atoms with E-state index in [2.05, 4.69) is 10.6 Å². The summed E-state index contributed by atoms with van der Waals surface area (Å²) in [6.07, 6.45) is 4.91. The summed E-state index contributed by atoms with van der Waals surface area (Å²) in [5.74, 6) is -1.16. The van der Waals surface area contributed by atoms with Crippen LogP contribution in [0.1, 0.15) is 93.4 Å². The van der Waals surface area contributed by atoms with Gasteiger partial charge in [0.15, 0.2) is 0 Å². The zero-order valence-corrected chi connectivity index (χ0v) is 24.0. The van der Waals surface area contributed by atoms with Gasteiger partial charge in [-0.1, -0.05) is 61.3 Å². The topological polar surface area (TPSA) is 108 Å². The molecule has 0 rings (SSSR count). The average molecular weight is 513 g/mol. The zero-order chi connectivity index (χ0) is 27.7. The first kappa shape index (κ1) is 33.8. The molecule has 2 N–H and O–H groups in total. The molecule has 0 bridgehead atoms. The van der Waals surface area contributed by atoms with Gasteiger partial charge >= 0.3 is 5.97 Å². The Morgan fingerprint density at radius 1 is 0.806 bits per heavy atom. The molecule has 3 amide bonds. The van der Waals surface area contributed by atoms with Crippen LogP contribution in [0.15, 0.2) is 0 Å². The van der Waals surface area contributed by atoms with Crippen LogP contribution in [0.3, 0.4) is 0 Å². The number of hydrogen-bond acceptors (Lipinski definition) is 6. The van der Waals surface area contributed by atoms with Gasteiger partial charge < -0.3 is 25.2 Å². The molecule has 0 saturated heterocycles. The molecule has 0 radical (unpaired) electrons. The molecule has 2 unspecified atom stereocenters. The van der Waals surface area contributed by atoms with E-state index < -0.39 is 18.1 Å². The number of hydrogen-bond donors (Lipinski definition) is 2. The molecule has 0 aromatic rings. The first-order valence-corrected chi connectivity index (χ1v) is 13.8. The summed E-state index contributed by atoms with van der Waals surface area (Å²) in [6.45, 7) is 14.3. The van der Waals surface area contributed by atoms with E-state index in [0.29, 0.717) is 19.5 Å². The van der Waals surface area contributed by atoms with Gasteiger partial charge in [-0.25, -0.2) is 0 Å². The molecule has 0 aromatic carbocycles. The molecule has 0 aliphatic carbocycles. The molecule has 9 heteroatoms. The molecule has 210 valence electrons. The molecule has 36 heavy (non-hydrogen) atoms. The van der Waals surface area contributed by atoms with Crippen LogP contribution in [0.4, 0.5) is 0 Å². The maximum absolute atomic E-state index is 13.4. The van der Waals surface area contributed by atoms with Gasteiger partial charge in [-0.2, -0.15) is 0 Å². The third-order valence-electron chi connectivity index (χ3n) is 6.37. The van der Waals surface area contributed by atoms with Crippen molar-refractivity contribution in [2.45, 2.75) is 112 Å². The smallest absolute Gasteiger partial charge is 0.325 e. The highest BCUT2D eigenvalue weighted by atomic mass is 16.5. The van der Waals surface area contributed by atoms with Gasteiger partial charge in [0.05, 0.1) is 12.6 Å². The lowest BCUT2D eigenvalue weighted by atomic mass is 10.0. The summed E-state index contributed by atoms with van der Waals surface area (Å²) in [4.78, 5) is 55.0. The van der Waals surface area contributed by atoms with Crippen molar-refractivity contribution in [2.24, 2.45) is 5.92 Å². The molecule has 0 aliphatic rings. The second kappa shape index (κ2) is 19.0. The van der Waals surface area contributed by atoms with Gasteiger partial charge in [-0.05, 0) is 45.1 Å². The van der Waals surface area contributed by atoms with E-state index in [-0.39, 0.29) is 42.8 Å². The number of esters is 1. The molecular formula is C27H52N4O5. The van der Waals surface area contributed by atoms with Gasteiger partial charge in [0, 0.05) is 13.1 Å². The number of nitrogens with one attached hydrogen (secondary N) is 2. The molecule has 0 spiro atoms. The predicted octanol–water partition coefficient (Wildman–Crippen LogP) is 3.11. The second-order valence-electron chi connectivity index (χ2n) is 9.69. The van der Waals surface area contributed by atoms with Crippen LogP contribution in [0.25, 0.3) is 0 Å². The SMILES string of the molecule is CCCCN(CC(=O)OC(CC)CC)C(=O)CN(CCCC)C(=O)C(CC)NC(=O)C(NC)C(C)C. The number of carbonyl (C=O) groups excluding carboxylic acids is 4. The standard InChI is InChI=1S/C27H52N4O5/c1-9-14-16-30(19-24(33)36-21(11-3)12-4)23(32)18-31(17-15-10-2)27(35)22(13-5)29-26(34)25(28-8)20(6)7/h20-22,25,28H,9-19H2,1-8H3,(H,29,34). The first-order chi connectivity index (χ1) is 17.1. The third-order valence-corrected chi connectivity index (χ3v) is 6.37. The highest BCUT2D eigenvalue weighted by Gasteiger charge is 2.30. The monoisotopic (exact) mass is 512 g/mol. The Hall–Kier alpha value is -2.16. The summed E-state index contributed by atoms with van der Waals surface area (Å²) in [5, 5.41) is 5.87. The van der Waals surface area contributed by atoms with E-state index in [9.17, 15) is 19.2 Å². The lowest BCUT2D eigenvalue weighted by Crippen LogP contribution is -2.55. The van der Waals surface area contributed by atoms with Crippen LogP contribution < -0.4 is 10.6 Å². The van der Waals surface area contributed by atoms with Gasteiger partial charge in [-0.15, -0.1) is 0 Å². The van der Waals surface area contributed by atoms with Gasteiger partial charge in [-0.3, -0.25) is 19.2 Å². The molecule has 9 nitrogen and oxygen atoms in total. The van der Waals surface area contributed by atoms with Crippen LogP contribution in [0.5, 0.6) is 0 Å². The van der Waals surface area contributed by atoms with E-state index >= 15 is 0 Å². The Balaban J connectivity index is 5.57. The summed E-state index contributed by atoms with van der Waals surface area (Å²) in [7, 11) is 1.72. The van der Waals surface area contributed by atoms with Crippen LogP contribution in [-0.4, -0.2) is 84.9 Å². The Morgan fingerprint density at radius 2 is 1.36 bits per heavy atom. The van der Waals surface area contributed by atoms with Crippen molar-refractivity contribution in [2.75, 3.05) is 33.2 Å². The zero-order valence-electron chi connectivity index (χ0n) is 24.0. The Labute approximate surface area is 219 Å². The fraction of sp³-hybridized carbons (Fsp3) is 0.852. The van der Waals surface area contributed by atoms with Crippen LogP contribution in [-0.2, 0) is 23.9 Å². The van der Waals surface area contributed by atoms with Crippen molar-refractivity contribution in [1.82, 2.24) is 20.4 Å². The van der Waals surface area contributed by atoms with E-state index in [4.69, 9.17) is 4.74 Å². The van der Waals surface area contributed by atoms with E-state index in [1.54, 1.807) is 7.05 Å². The summed E-state index contributed by atoms with van der Waals surface area (Å²) in [6, 6.07) is -1.14. The average Bonchev–Trinajstić information content (AvgIpc) is 2.85. The summed E-state index contributed by atoms with van der Waals surface area (Å²) in [5.41, 5.74) is 0. The van der Waals surface area contributed by atoms with Gasteiger partial charge in [0.2, 0.25) is 17.7 Å². The fourth-order valence-corrected chi connectivity index (χ4v) is 3.94. The minimum absolute atomic E-state index is 0.0623. The van der Waals surface area contributed by atoms with Crippen molar-refractivity contribution in [3.63, 3.8) is 0 Å². The minimum Gasteiger partial charge on any atom is -0.461 e. The van der Waals surface area contributed by atoms with Gasteiger partial charge in [0.25, 0.3) is 0 Å². The Bertz CT molecular complexity index is 667. The molecule has 0 heterocycles. The highest BCUT2D eigenvalue weighted by molar-refractivity contribution is 5.92. The van der Waals surface area contributed by atoms with Crippen molar-refractivity contribution in [3.05, 3.63) is 0 Å². The number of ether oxygens (including phenoxy) is 1. The lowest BCUT2D eigenvalue weighted by Gasteiger charge is -2.31. The number of nitrogens with zero attached hydrogens (tertiary/aromatic N) is 2. The number of amides is 3. The van der Waals surface area contributed by atoms with Crippen molar-refractivity contribution >= 4 is 23.7 Å². The van der Waals surface area contributed by atoms with Crippen LogP contribution in [0.2, 0.25) is 0 Å². The van der Waals surface area contributed by atoms with Gasteiger partial charge in [0.1, 0.15) is 18.7 Å². The minimum atomic E-state index is -0.722. The quantitative estimate of drug-likeness (QED) is 0.258. The van der Waals surface area contributed by atoms with E-state index in [1.807, 2.05) is 48.5 Å². The van der Waals surface area contributed by atoms with Crippen molar-refractivity contribution in [1.29, 1.82) is 0 Å². The highest BCUT2D eigenvalue weighted by Crippen LogP contribution is 2.09. The Morgan fingerprint density at radius 3 is 1.81 bits per heavy atom. The number of rotatable bonds is 19. The molecule has 0 fully saturated rings. The molecule has 0 saturated carbocycles. The van der Waals surface area contributed by atoms with Crippen LogP contribution >= 0.6 is 0 Å². The van der Waals surface area contributed by atoms with E-state index in [0.717, 1.165) is 38.5 Å². The summed E-state index contributed by atoms with van der Waals surface area (Å²) < 4.78 is 5.51. The molecular weight excluding hydrogens is 460 g/mol. The number of unbranched alkanes of at least 4 members (excludes halogenated alkanes) is 2. The Kier molecular flexibility index (Phi) is 17.9. The maximum Gasteiger partial charge on any atom is 0.325 e. The fourth-order valence-electron chi connectivity index (χ4n) is 3.94. The molecule has 0 aliphatic heterocycles. The third kappa shape index (κ3) is 12.2. The largest absolute Gasteiger partial charge is 0.461 e. The summed E-state index contributed by atoms with van der Waals surface area (Å²) >= 11 is 0. The normalized spacial score (nSPS) is 12.8. The molecule has 2 atom stereocenters. The van der Waals surface area contributed by atoms with E-state index in [1.165, 1.54) is 9.80 Å². The van der Waals surface area contributed by atoms with Crippen molar-refractivity contribution < 1.29 is 23.9 Å². The maximum atomic E-state index is 13.4. The lowest BCUT2D eigenvalue weighted by molar-refractivity contribution is -0.155. The van der Waals surface area contributed by atoms with Crippen molar-refractivity contribution in [3.8, 4) is 0 Å². The number of carbonyl (C=O) groups is 4. The number of likely N-dealkylation sites (N-methyl/N-ethyl adjacent to an activating group) is 1. The van der Waals surface area contributed by atoms with Crippen LogP contribution in [0, 0.1) is 5.92 Å².